The molecule has 4 N–H and O–H groups in total. The van der Waals surface area contributed by atoms with Crippen LogP contribution in [0.25, 0.3) is 0 Å². The quantitative estimate of drug-likeness (QED) is 0.410. The van der Waals surface area contributed by atoms with Crippen LogP contribution in [0.3, 0.4) is 0 Å². The molecule has 1 aromatic rings. The molecule has 1 heterocycles. The van der Waals surface area contributed by atoms with Crippen LogP contribution in [0.15, 0.2) is 6.33 Å². The molecule has 18 heavy (non-hydrogen) atoms. The molecule has 0 atom stereocenters. The molecule has 0 radical (unpaired) electrons. The predicted molar refractivity (Wildman–Crippen MR) is 66.9 cm³/mol. The zero-order valence-corrected chi connectivity index (χ0v) is 10.1. The second-order valence-corrected chi connectivity index (χ2v) is 4.84. The Morgan fingerprint density at radius 3 is 2.67 bits per heavy atom. The summed E-state index contributed by atoms with van der Waals surface area (Å²) in [6.07, 6.45) is 4.70. The number of nitrogens with two attached hydrogens (primary N) is 1. The second-order valence-electron chi connectivity index (χ2n) is 4.84. The van der Waals surface area contributed by atoms with Crippen molar-refractivity contribution in [1.82, 2.24) is 9.97 Å². The van der Waals surface area contributed by atoms with Gasteiger partial charge in [-0.3, -0.25) is 10.1 Å². The normalized spacial score (nSPS) is 16.8. The lowest BCUT2D eigenvalue weighted by Crippen LogP contribution is -2.33. The first kappa shape index (κ1) is 12.5. The highest BCUT2D eigenvalue weighted by Gasteiger charge is 2.32. The van der Waals surface area contributed by atoms with Gasteiger partial charge in [0.05, 0.1) is 4.92 Å². The zero-order valence-electron chi connectivity index (χ0n) is 10.1. The molecule has 0 unspecified atom stereocenters. The van der Waals surface area contributed by atoms with Crippen molar-refractivity contribution in [2.75, 3.05) is 17.3 Å². The zero-order chi connectivity index (χ0) is 13.2. The fourth-order valence-electron chi connectivity index (χ4n) is 2.04. The molecule has 8 nitrogen and oxygen atoms in total. The summed E-state index contributed by atoms with van der Waals surface area (Å²) < 4.78 is 0. The number of nitrogen functional groups attached to an aromatic ring is 1. The van der Waals surface area contributed by atoms with E-state index < -0.39 is 4.92 Å². The van der Waals surface area contributed by atoms with Crippen molar-refractivity contribution in [3.8, 4) is 0 Å². The van der Waals surface area contributed by atoms with Crippen LogP contribution >= 0.6 is 0 Å². The first-order chi connectivity index (χ1) is 8.56. The maximum absolute atomic E-state index is 11.0. The summed E-state index contributed by atoms with van der Waals surface area (Å²) in [6.45, 7) is 2.81. The fourth-order valence-corrected chi connectivity index (χ4v) is 2.04. The van der Waals surface area contributed by atoms with E-state index in [-0.39, 0.29) is 22.7 Å². The lowest BCUT2D eigenvalue weighted by molar-refractivity contribution is -0.383. The number of hydrazine groups is 1. The van der Waals surface area contributed by atoms with Crippen LogP contribution in [0.5, 0.6) is 0 Å². The number of nitrogens with zero attached hydrogens (tertiary/aromatic N) is 3. The minimum Gasteiger partial charge on any atom is -0.364 e. The number of hydrogen-bond acceptors (Lipinski definition) is 7. The molecule has 1 aliphatic rings. The largest absolute Gasteiger partial charge is 0.364 e. The van der Waals surface area contributed by atoms with Gasteiger partial charge < -0.3 is 10.7 Å². The second kappa shape index (κ2) is 4.73. The number of rotatable bonds is 5. The van der Waals surface area contributed by atoms with Crippen molar-refractivity contribution in [1.29, 1.82) is 0 Å². The number of nitro groups is 1. The van der Waals surface area contributed by atoms with Crippen LogP contribution in [0, 0.1) is 15.5 Å². The van der Waals surface area contributed by atoms with Gasteiger partial charge in [-0.1, -0.05) is 13.3 Å². The van der Waals surface area contributed by atoms with E-state index in [1.54, 1.807) is 0 Å². The van der Waals surface area contributed by atoms with E-state index in [0.29, 0.717) is 6.54 Å². The Balaban J connectivity index is 2.18. The predicted octanol–water partition coefficient (Wildman–Crippen LogP) is 1.27. The van der Waals surface area contributed by atoms with Crippen LogP contribution in [-0.4, -0.2) is 21.4 Å². The molecule has 0 amide bonds. The highest BCUT2D eigenvalue weighted by molar-refractivity contribution is 5.68. The lowest BCUT2D eigenvalue weighted by Gasteiger charge is -2.38. The van der Waals surface area contributed by atoms with E-state index >= 15 is 0 Å². The van der Waals surface area contributed by atoms with Crippen molar-refractivity contribution < 1.29 is 4.92 Å². The van der Waals surface area contributed by atoms with Gasteiger partial charge in [0, 0.05) is 6.54 Å². The number of aromatic nitrogens is 2. The van der Waals surface area contributed by atoms with E-state index in [0.717, 1.165) is 12.8 Å². The topological polar surface area (TPSA) is 119 Å². The number of nitrogens with one attached hydrogen (secondary N) is 2. The molecule has 1 fully saturated rings. The molecule has 98 valence electrons. The average Bonchev–Trinajstić information content (AvgIpc) is 2.33. The van der Waals surface area contributed by atoms with Gasteiger partial charge in [-0.2, -0.15) is 0 Å². The summed E-state index contributed by atoms with van der Waals surface area (Å²) in [4.78, 5) is 18.1. The van der Waals surface area contributed by atoms with E-state index in [1.165, 1.54) is 12.7 Å². The highest BCUT2D eigenvalue weighted by atomic mass is 16.6. The van der Waals surface area contributed by atoms with Gasteiger partial charge in [0.25, 0.3) is 0 Å². The molecule has 1 aromatic heterocycles. The molecular weight excluding hydrogens is 236 g/mol. The van der Waals surface area contributed by atoms with Crippen LogP contribution in [0.1, 0.15) is 26.2 Å². The van der Waals surface area contributed by atoms with E-state index in [4.69, 9.17) is 5.84 Å². The Morgan fingerprint density at radius 2 is 2.17 bits per heavy atom. The highest BCUT2D eigenvalue weighted by Crippen LogP contribution is 2.40. The average molecular weight is 252 g/mol. The van der Waals surface area contributed by atoms with Gasteiger partial charge in [-0.25, -0.2) is 15.8 Å². The third-order valence-electron chi connectivity index (χ3n) is 3.38. The van der Waals surface area contributed by atoms with Crippen LogP contribution < -0.4 is 16.6 Å². The summed E-state index contributed by atoms with van der Waals surface area (Å²) >= 11 is 0. The number of hydrogen-bond donors (Lipinski definition) is 3. The van der Waals surface area contributed by atoms with Gasteiger partial charge in [-0.05, 0) is 18.3 Å². The summed E-state index contributed by atoms with van der Waals surface area (Å²) in [5, 5.41) is 14.0. The van der Waals surface area contributed by atoms with E-state index in [9.17, 15) is 10.1 Å². The molecule has 0 spiro atoms. The van der Waals surface area contributed by atoms with Gasteiger partial charge in [0.2, 0.25) is 11.6 Å². The Labute approximate surface area is 104 Å². The molecule has 0 aliphatic heterocycles. The molecule has 1 saturated carbocycles. The van der Waals surface area contributed by atoms with Gasteiger partial charge in [-0.15, -0.1) is 0 Å². The number of anilines is 2. The van der Waals surface area contributed by atoms with Crippen LogP contribution in [0.2, 0.25) is 0 Å². The first-order valence-electron chi connectivity index (χ1n) is 5.76. The van der Waals surface area contributed by atoms with E-state index in [1.807, 2.05) is 0 Å². The van der Waals surface area contributed by atoms with Crippen molar-refractivity contribution in [2.45, 2.75) is 26.2 Å². The maximum Gasteiger partial charge on any atom is 0.354 e. The SMILES string of the molecule is CC1(CNc2ncnc(NN)c2[N+](=O)[O-])CCC1. The molecule has 2 rings (SSSR count). The molecule has 8 heteroatoms. The lowest BCUT2D eigenvalue weighted by atomic mass is 9.70. The van der Waals surface area contributed by atoms with E-state index in [2.05, 4.69) is 27.6 Å². The molecule has 1 aliphatic carbocycles. The van der Waals surface area contributed by atoms with Crippen molar-refractivity contribution in [2.24, 2.45) is 11.3 Å². The monoisotopic (exact) mass is 252 g/mol. The van der Waals surface area contributed by atoms with Crippen LogP contribution in [0.4, 0.5) is 17.3 Å². The Hall–Kier alpha value is -1.96. The van der Waals surface area contributed by atoms with Crippen molar-refractivity contribution in [3.05, 3.63) is 16.4 Å². The third-order valence-corrected chi connectivity index (χ3v) is 3.38. The Kier molecular flexibility index (Phi) is 3.28. The standard InChI is InChI=1S/C10H16N6O2/c1-10(3-2-4-10)5-12-8-7(16(17)18)9(15-11)14-6-13-8/h6H,2-5,11H2,1H3,(H2,12,13,14,15). The third kappa shape index (κ3) is 2.33. The van der Waals surface area contributed by atoms with Crippen molar-refractivity contribution >= 4 is 17.3 Å². The van der Waals surface area contributed by atoms with Gasteiger partial charge >= 0.3 is 5.69 Å². The minimum absolute atomic E-state index is 0.0104. The molecule has 0 bridgehead atoms. The molecular formula is C10H16N6O2. The molecule has 0 saturated heterocycles. The Morgan fingerprint density at radius 1 is 1.50 bits per heavy atom. The van der Waals surface area contributed by atoms with Crippen LogP contribution in [-0.2, 0) is 0 Å². The van der Waals surface area contributed by atoms with Gasteiger partial charge in [0.15, 0.2) is 0 Å². The summed E-state index contributed by atoms with van der Waals surface area (Å²) in [7, 11) is 0. The Bertz CT molecular complexity index is 460. The van der Waals surface area contributed by atoms with Gasteiger partial charge in [0.1, 0.15) is 6.33 Å². The molecule has 0 aromatic carbocycles. The van der Waals surface area contributed by atoms with Crippen molar-refractivity contribution in [3.63, 3.8) is 0 Å². The fraction of sp³-hybridized carbons (Fsp3) is 0.600. The summed E-state index contributed by atoms with van der Waals surface area (Å²) in [6, 6.07) is 0. The first-order valence-corrected chi connectivity index (χ1v) is 5.76. The smallest absolute Gasteiger partial charge is 0.354 e. The summed E-state index contributed by atoms with van der Waals surface area (Å²) in [5.74, 6) is 5.42. The summed E-state index contributed by atoms with van der Waals surface area (Å²) in [5.41, 5.74) is 2.19. The maximum atomic E-state index is 11.0. The minimum atomic E-state index is -0.541.